The Bertz CT molecular complexity index is 1350. The Balaban J connectivity index is 1.69. The van der Waals surface area contributed by atoms with Crippen molar-refractivity contribution in [2.45, 2.75) is 38.4 Å². The van der Waals surface area contributed by atoms with Crippen LogP contribution >= 0.6 is 11.6 Å². The number of urea groups is 1. The van der Waals surface area contributed by atoms with Crippen molar-refractivity contribution in [1.82, 2.24) is 35.0 Å². The molecule has 1 unspecified atom stereocenters. The van der Waals surface area contributed by atoms with Gasteiger partial charge in [0.2, 0.25) is 0 Å². The largest absolute Gasteiger partial charge is 0.336 e. The number of fused-ring (bicyclic) bond motifs is 2. The lowest BCUT2D eigenvalue weighted by molar-refractivity contribution is 0.125. The zero-order chi connectivity index (χ0) is 27.0. The molecule has 0 radical (unpaired) electrons. The molecule has 1 fully saturated rings. The molecular formula is C29H36ClN7O. The van der Waals surface area contributed by atoms with Gasteiger partial charge in [0.25, 0.3) is 0 Å². The highest BCUT2D eigenvalue weighted by Gasteiger charge is 2.35. The Morgan fingerprint density at radius 1 is 1.13 bits per heavy atom. The molecule has 1 aliphatic carbocycles. The van der Waals surface area contributed by atoms with E-state index in [0.29, 0.717) is 5.02 Å². The van der Waals surface area contributed by atoms with Crippen molar-refractivity contribution in [3.8, 4) is 0 Å². The lowest BCUT2D eigenvalue weighted by Crippen LogP contribution is -2.47. The molecule has 200 valence electrons. The van der Waals surface area contributed by atoms with Gasteiger partial charge >= 0.3 is 6.03 Å². The molecule has 2 atom stereocenters. The van der Waals surface area contributed by atoms with Crippen LogP contribution in [0, 0.1) is 0 Å². The quantitative estimate of drug-likeness (QED) is 0.516. The van der Waals surface area contributed by atoms with E-state index in [1.54, 1.807) is 12.5 Å². The number of likely N-dealkylation sites (N-methyl/N-ethyl adjacent to an activating group) is 1. The molecule has 0 bridgehead atoms. The average Bonchev–Trinajstić information content (AvgIpc) is 3.22. The predicted molar refractivity (Wildman–Crippen MR) is 152 cm³/mol. The van der Waals surface area contributed by atoms with Gasteiger partial charge in [0.1, 0.15) is 0 Å². The Morgan fingerprint density at radius 3 is 2.58 bits per heavy atom. The second-order valence-corrected chi connectivity index (χ2v) is 11.7. The number of halogens is 1. The van der Waals surface area contributed by atoms with E-state index in [1.165, 1.54) is 0 Å². The summed E-state index contributed by atoms with van der Waals surface area (Å²) in [6.45, 7) is 9.76. The van der Waals surface area contributed by atoms with Gasteiger partial charge in [-0.15, -0.1) is 0 Å². The van der Waals surface area contributed by atoms with Gasteiger partial charge in [-0.05, 0) is 74.4 Å². The normalized spacial score (nSPS) is 19.1. The maximum Gasteiger partial charge on any atom is 0.315 e. The predicted octanol–water partition coefficient (Wildman–Crippen LogP) is 4.50. The summed E-state index contributed by atoms with van der Waals surface area (Å²) in [5.74, 6) is 0. The van der Waals surface area contributed by atoms with Crippen molar-refractivity contribution in [2.24, 2.45) is 7.05 Å². The van der Waals surface area contributed by atoms with Gasteiger partial charge in [0, 0.05) is 50.0 Å². The molecule has 3 heterocycles. The van der Waals surface area contributed by atoms with E-state index in [4.69, 9.17) is 16.6 Å². The van der Waals surface area contributed by atoms with Crippen molar-refractivity contribution in [3.63, 3.8) is 0 Å². The third-order valence-electron chi connectivity index (χ3n) is 7.19. The molecule has 3 aromatic rings. The Morgan fingerprint density at radius 2 is 1.89 bits per heavy atom. The Labute approximate surface area is 229 Å². The number of aryl methyl sites for hydroxylation is 1. The van der Waals surface area contributed by atoms with E-state index in [0.717, 1.165) is 59.8 Å². The fourth-order valence-corrected chi connectivity index (χ4v) is 5.52. The number of pyridine rings is 1. The Kier molecular flexibility index (Phi) is 7.31. The molecule has 2 aromatic heterocycles. The lowest BCUT2D eigenvalue weighted by Gasteiger charge is -2.38. The number of nitrogens with zero attached hydrogens (tertiary/aromatic N) is 5. The first kappa shape index (κ1) is 26.4. The van der Waals surface area contributed by atoms with E-state index in [1.807, 2.05) is 56.8 Å². The van der Waals surface area contributed by atoms with Crippen molar-refractivity contribution < 1.29 is 4.79 Å². The number of nitrogens with one attached hydrogen (secondary N) is 2. The van der Waals surface area contributed by atoms with Crippen molar-refractivity contribution in [3.05, 3.63) is 82.2 Å². The molecule has 1 saturated heterocycles. The fraction of sp³-hybridized carbons (Fsp3) is 0.414. The molecule has 9 heteroatoms. The maximum atomic E-state index is 13.2. The van der Waals surface area contributed by atoms with E-state index >= 15 is 0 Å². The second kappa shape index (κ2) is 10.5. The van der Waals surface area contributed by atoms with Crippen LogP contribution in [0.1, 0.15) is 60.9 Å². The highest BCUT2D eigenvalue weighted by atomic mass is 35.5. The minimum absolute atomic E-state index is 0.0310. The zero-order valence-corrected chi connectivity index (χ0v) is 23.5. The van der Waals surface area contributed by atoms with Crippen molar-refractivity contribution in [2.75, 3.05) is 33.2 Å². The topological polar surface area (TPSA) is 78.3 Å². The number of hydrogen-bond acceptors (Lipinski definition) is 5. The highest BCUT2D eigenvalue weighted by molar-refractivity contribution is 6.30. The summed E-state index contributed by atoms with van der Waals surface area (Å²) in [5, 5.41) is 6.94. The molecule has 0 saturated carbocycles. The van der Waals surface area contributed by atoms with Crippen LogP contribution < -0.4 is 10.6 Å². The van der Waals surface area contributed by atoms with Crippen LogP contribution in [-0.4, -0.2) is 69.1 Å². The maximum absolute atomic E-state index is 13.2. The summed E-state index contributed by atoms with van der Waals surface area (Å²) in [6.07, 6.45) is 7.58. The molecule has 2 aliphatic rings. The minimum atomic E-state index is -0.471. The molecule has 2 N–H and O–H groups in total. The Hall–Kier alpha value is -3.20. The number of amides is 2. The summed E-state index contributed by atoms with van der Waals surface area (Å²) in [6, 6.07) is 9.41. The number of aromatic nitrogens is 3. The van der Waals surface area contributed by atoms with Gasteiger partial charge in [0.05, 0.1) is 36.0 Å². The second-order valence-electron chi connectivity index (χ2n) is 11.3. The summed E-state index contributed by atoms with van der Waals surface area (Å²) < 4.78 is 1.94. The van der Waals surface area contributed by atoms with Crippen LogP contribution in [0.4, 0.5) is 4.79 Å². The first-order valence-corrected chi connectivity index (χ1v) is 13.4. The molecule has 5 rings (SSSR count). The molecule has 1 aliphatic heterocycles. The molecule has 1 aromatic carbocycles. The smallest absolute Gasteiger partial charge is 0.315 e. The summed E-state index contributed by atoms with van der Waals surface area (Å²) in [5.41, 5.74) is 5.61. The number of piperazine rings is 1. The third-order valence-corrected chi connectivity index (χ3v) is 7.42. The van der Waals surface area contributed by atoms with E-state index in [-0.39, 0.29) is 17.6 Å². The van der Waals surface area contributed by atoms with Crippen LogP contribution in [0.25, 0.3) is 11.6 Å². The van der Waals surface area contributed by atoms with E-state index in [2.05, 4.69) is 50.7 Å². The standard InChI is InChI=1S/C29H36ClN7O/c1-29(2,3)34-28(38)33-26(24-17-31-18-36(24)5)23-15-19-7-6-10-32-25(19)27(37-13-11-35(4)12-14-37)21-9-8-20(30)16-22(21)23/h6-10,15-18,26-27H,11-14H2,1-5H3,(H2,33,34,38)/t26?,27-/m0/s1. The van der Waals surface area contributed by atoms with Crippen LogP contribution in [0.2, 0.25) is 5.02 Å². The third kappa shape index (κ3) is 5.48. The number of carbonyl (C=O) groups is 1. The summed E-state index contributed by atoms with van der Waals surface area (Å²) in [7, 11) is 4.11. The highest BCUT2D eigenvalue weighted by Crippen LogP contribution is 2.44. The van der Waals surface area contributed by atoms with Gasteiger partial charge < -0.3 is 20.1 Å². The monoisotopic (exact) mass is 533 g/mol. The number of imidazole rings is 1. The van der Waals surface area contributed by atoms with Gasteiger partial charge in [-0.3, -0.25) is 9.88 Å². The molecule has 38 heavy (non-hydrogen) atoms. The minimum Gasteiger partial charge on any atom is -0.336 e. The fourth-order valence-electron chi connectivity index (χ4n) is 5.34. The SMILES string of the molecule is CN1CCN([C@H]2c3ccc(Cl)cc3C(C(NC(=O)NC(C)(C)C)c3cncn3C)=Cc3cccnc32)CC1. The van der Waals surface area contributed by atoms with Crippen molar-refractivity contribution >= 4 is 29.3 Å². The summed E-state index contributed by atoms with van der Waals surface area (Å²) in [4.78, 5) is 27.4. The first-order chi connectivity index (χ1) is 18.1. The molecule has 2 amide bonds. The number of benzene rings is 1. The molecular weight excluding hydrogens is 498 g/mol. The van der Waals surface area contributed by atoms with Crippen LogP contribution in [-0.2, 0) is 7.05 Å². The van der Waals surface area contributed by atoms with Gasteiger partial charge in [0.15, 0.2) is 0 Å². The average molecular weight is 534 g/mol. The van der Waals surface area contributed by atoms with E-state index < -0.39 is 6.04 Å². The van der Waals surface area contributed by atoms with Gasteiger partial charge in [-0.1, -0.05) is 23.7 Å². The number of rotatable bonds is 4. The number of carbonyl (C=O) groups excluding carboxylic acids is 1. The van der Waals surface area contributed by atoms with Gasteiger partial charge in [-0.25, -0.2) is 9.78 Å². The van der Waals surface area contributed by atoms with Crippen LogP contribution in [0.15, 0.2) is 49.1 Å². The van der Waals surface area contributed by atoms with Crippen LogP contribution in [0.5, 0.6) is 0 Å². The molecule has 8 nitrogen and oxygen atoms in total. The number of hydrogen-bond donors (Lipinski definition) is 2. The van der Waals surface area contributed by atoms with Crippen LogP contribution in [0.3, 0.4) is 0 Å². The zero-order valence-electron chi connectivity index (χ0n) is 22.7. The summed E-state index contributed by atoms with van der Waals surface area (Å²) >= 11 is 6.63. The van der Waals surface area contributed by atoms with Gasteiger partial charge in [-0.2, -0.15) is 0 Å². The first-order valence-electron chi connectivity index (χ1n) is 13.0. The van der Waals surface area contributed by atoms with E-state index in [9.17, 15) is 4.79 Å². The molecule has 0 spiro atoms. The van der Waals surface area contributed by atoms with Crippen molar-refractivity contribution in [1.29, 1.82) is 0 Å². The lowest BCUT2D eigenvalue weighted by atomic mass is 9.90.